The van der Waals surface area contributed by atoms with Gasteiger partial charge in [0.25, 0.3) is 10.0 Å². The van der Waals surface area contributed by atoms with Gasteiger partial charge in [-0.2, -0.15) is 0 Å². The molecule has 0 heterocycles. The van der Waals surface area contributed by atoms with Crippen molar-refractivity contribution >= 4 is 16.1 Å². The minimum atomic E-state index is -4.40. The lowest BCUT2D eigenvalue weighted by atomic mass is 10.3. The Balaban J connectivity index is 2.98. The third-order valence-corrected chi connectivity index (χ3v) is 2.94. The SMILES string of the molecule is COC(=O)NNS(=O)(=O)c1cccc(F)c1F. The summed E-state index contributed by atoms with van der Waals surface area (Å²) in [5.74, 6) is -2.85. The van der Waals surface area contributed by atoms with E-state index in [2.05, 4.69) is 4.74 Å². The van der Waals surface area contributed by atoms with Crippen molar-refractivity contribution in [1.29, 1.82) is 0 Å². The van der Waals surface area contributed by atoms with Crippen molar-refractivity contribution in [2.45, 2.75) is 4.90 Å². The molecule has 0 saturated heterocycles. The Morgan fingerprint density at radius 1 is 1.35 bits per heavy atom. The van der Waals surface area contributed by atoms with Crippen LogP contribution in [0.1, 0.15) is 0 Å². The molecule has 0 fully saturated rings. The van der Waals surface area contributed by atoms with Crippen LogP contribution in [0.3, 0.4) is 0 Å². The molecule has 0 aliphatic carbocycles. The van der Waals surface area contributed by atoms with E-state index >= 15 is 0 Å². The zero-order valence-corrected chi connectivity index (χ0v) is 9.35. The predicted molar refractivity (Wildman–Crippen MR) is 52.2 cm³/mol. The molecule has 9 heteroatoms. The monoisotopic (exact) mass is 266 g/mol. The lowest BCUT2D eigenvalue weighted by Gasteiger charge is -2.08. The molecule has 6 nitrogen and oxygen atoms in total. The first-order valence-corrected chi connectivity index (χ1v) is 5.66. The Morgan fingerprint density at radius 3 is 2.59 bits per heavy atom. The van der Waals surface area contributed by atoms with Gasteiger partial charge in [0, 0.05) is 0 Å². The Labute approximate surface area is 95.6 Å². The average Bonchev–Trinajstić information content (AvgIpc) is 2.29. The van der Waals surface area contributed by atoms with Crippen molar-refractivity contribution in [2.75, 3.05) is 7.11 Å². The molecule has 17 heavy (non-hydrogen) atoms. The first-order chi connectivity index (χ1) is 7.88. The van der Waals surface area contributed by atoms with Crippen molar-refractivity contribution in [3.63, 3.8) is 0 Å². The van der Waals surface area contributed by atoms with Crippen LogP contribution in [0.2, 0.25) is 0 Å². The highest BCUT2D eigenvalue weighted by molar-refractivity contribution is 7.89. The summed E-state index contributed by atoms with van der Waals surface area (Å²) in [6.07, 6.45) is -1.09. The number of ether oxygens (including phenoxy) is 1. The molecular weight excluding hydrogens is 258 g/mol. The molecule has 94 valence electrons. The van der Waals surface area contributed by atoms with E-state index in [1.807, 2.05) is 0 Å². The van der Waals surface area contributed by atoms with Crippen molar-refractivity contribution in [3.05, 3.63) is 29.8 Å². The van der Waals surface area contributed by atoms with Crippen LogP contribution >= 0.6 is 0 Å². The number of methoxy groups -OCH3 is 1. The van der Waals surface area contributed by atoms with Gasteiger partial charge in [0.05, 0.1) is 7.11 Å². The molecule has 0 aromatic heterocycles. The molecule has 0 aliphatic heterocycles. The Morgan fingerprint density at radius 2 is 2.00 bits per heavy atom. The summed E-state index contributed by atoms with van der Waals surface area (Å²) in [5, 5.41) is 0. The lowest BCUT2D eigenvalue weighted by Crippen LogP contribution is -2.41. The normalized spacial score (nSPS) is 11.0. The fourth-order valence-corrected chi connectivity index (χ4v) is 1.83. The second kappa shape index (κ2) is 5.06. The van der Waals surface area contributed by atoms with E-state index in [4.69, 9.17) is 0 Å². The van der Waals surface area contributed by atoms with E-state index in [1.165, 1.54) is 4.83 Å². The number of rotatable bonds is 3. The highest BCUT2D eigenvalue weighted by Gasteiger charge is 2.21. The van der Waals surface area contributed by atoms with E-state index < -0.39 is 32.6 Å². The number of hydrogen-bond donors (Lipinski definition) is 2. The van der Waals surface area contributed by atoms with Crippen molar-refractivity contribution in [3.8, 4) is 0 Å². The van der Waals surface area contributed by atoms with Gasteiger partial charge in [-0.05, 0) is 12.1 Å². The number of amides is 1. The number of hydrazine groups is 1. The summed E-state index contributed by atoms with van der Waals surface area (Å²) in [5.41, 5.74) is 1.63. The van der Waals surface area contributed by atoms with Gasteiger partial charge in [0.1, 0.15) is 4.90 Å². The Bertz CT molecular complexity index is 532. The zero-order valence-electron chi connectivity index (χ0n) is 8.53. The molecule has 0 spiro atoms. The van der Waals surface area contributed by atoms with Crippen molar-refractivity contribution in [2.24, 2.45) is 0 Å². The van der Waals surface area contributed by atoms with Gasteiger partial charge >= 0.3 is 6.09 Å². The largest absolute Gasteiger partial charge is 0.452 e. The maximum Gasteiger partial charge on any atom is 0.422 e. The number of benzene rings is 1. The zero-order chi connectivity index (χ0) is 13.1. The van der Waals surface area contributed by atoms with Gasteiger partial charge in [-0.1, -0.05) is 6.07 Å². The summed E-state index contributed by atoms with van der Waals surface area (Å²) in [6.45, 7) is 0. The second-order valence-corrected chi connectivity index (χ2v) is 4.42. The number of sulfonamides is 1. The van der Waals surface area contributed by atoms with Crippen LogP contribution in [0.15, 0.2) is 23.1 Å². The van der Waals surface area contributed by atoms with Crippen LogP contribution in [0, 0.1) is 11.6 Å². The molecule has 0 radical (unpaired) electrons. The third-order valence-electron chi connectivity index (χ3n) is 1.68. The number of halogens is 2. The molecule has 2 N–H and O–H groups in total. The van der Waals surface area contributed by atoms with Crippen LogP contribution in [-0.2, 0) is 14.8 Å². The predicted octanol–water partition coefficient (Wildman–Crippen LogP) is 0.514. The smallest absolute Gasteiger partial charge is 0.422 e. The highest BCUT2D eigenvalue weighted by atomic mass is 32.2. The molecule has 0 aliphatic rings. The maximum atomic E-state index is 13.2. The molecule has 1 rings (SSSR count). The molecule has 0 atom stereocenters. The second-order valence-electron chi connectivity index (χ2n) is 2.77. The lowest BCUT2D eigenvalue weighted by molar-refractivity contribution is 0.169. The van der Waals surface area contributed by atoms with Gasteiger partial charge in [-0.15, -0.1) is 4.83 Å². The summed E-state index contributed by atoms with van der Waals surface area (Å²) in [6, 6.07) is 2.63. The third kappa shape index (κ3) is 3.11. The fraction of sp³-hybridized carbons (Fsp3) is 0.125. The van der Waals surface area contributed by atoms with Gasteiger partial charge in [-0.25, -0.2) is 27.4 Å². The minimum Gasteiger partial charge on any atom is -0.452 e. The first-order valence-electron chi connectivity index (χ1n) is 4.18. The molecule has 1 amide bonds. The summed E-state index contributed by atoms with van der Waals surface area (Å²) < 4.78 is 52.9. The number of carbonyl (C=O) groups is 1. The van der Waals surface area contributed by atoms with Crippen LogP contribution in [-0.4, -0.2) is 21.6 Å². The van der Waals surface area contributed by atoms with Crippen LogP contribution < -0.4 is 10.3 Å². The van der Waals surface area contributed by atoms with E-state index in [0.29, 0.717) is 0 Å². The van der Waals surface area contributed by atoms with E-state index in [-0.39, 0.29) is 0 Å². The number of carbonyl (C=O) groups excluding carboxylic acids is 1. The topological polar surface area (TPSA) is 84.5 Å². The molecule has 0 saturated carbocycles. The Kier molecular flexibility index (Phi) is 3.97. The summed E-state index contributed by atoms with van der Waals surface area (Å²) >= 11 is 0. The van der Waals surface area contributed by atoms with Crippen LogP contribution in [0.5, 0.6) is 0 Å². The molecule has 1 aromatic carbocycles. The highest BCUT2D eigenvalue weighted by Crippen LogP contribution is 2.15. The molecule has 0 bridgehead atoms. The Hall–Kier alpha value is -1.74. The molecule has 1 aromatic rings. The van der Waals surface area contributed by atoms with Gasteiger partial charge in [-0.3, -0.25) is 0 Å². The average molecular weight is 266 g/mol. The summed E-state index contributed by atoms with van der Waals surface area (Å²) in [4.78, 5) is 11.2. The number of hydrogen-bond acceptors (Lipinski definition) is 4. The van der Waals surface area contributed by atoms with Gasteiger partial charge in [0.2, 0.25) is 0 Å². The van der Waals surface area contributed by atoms with Crippen molar-refractivity contribution in [1.82, 2.24) is 10.3 Å². The van der Waals surface area contributed by atoms with E-state index in [9.17, 15) is 22.0 Å². The maximum absolute atomic E-state index is 13.2. The van der Waals surface area contributed by atoms with Crippen LogP contribution in [0.25, 0.3) is 0 Å². The quantitative estimate of drug-likeness (QED) is 0.781. The number of nitrogens with one attached hydrogen (secondary N) is 2. The standard InChI is InChI=1S/C8H8F2N2O4S/c1-16-8(13)11-12-17(14,15)6-4-2-3-5(9)7(6)10/h2-4,12H,1H3,(H,11,13). The fourth-order valence-electron chi connectivity index (χ4n) is 0.906. The van der Waals surface area contributed by atoms with E-state index in [1.54, 1.807) is 5.43 Å². The van der Waals surface area contributed by atoms with Crippen molar-refractivity contribution < 1.29 is 26.7 Å². The van der Waals surface area contributed by atoms with Crippen LogP contribution in [0.4, 0.5) is 13.6 Å². The van der Waals surface area contributed by atoms with Gasteiger partial charge < -0.3 is 4.74 Å². The summed E-state index contributed by atoms with van der Waals surface area (Å²) in [7, 11) is -3.39. The van der Waals surface area contributed by atoms with Gasteiger partial charge in [0.15, 0.2) is 11.6 Å². The molecule has 0 unspecified atom stereocenters. The first kappa shape index (κ1) is 13.3. The van der Waals surface area contributed by atoms with E-state index in [0.717, 1.165) is 25.3 Å². The molecular formula is C8H8F2N2O4S. The minimum absolute atomic E-state index is 0.766.